The van der Waals surface area contributed by atoms with Gasteiger partial charge in [0, 0.05) is 11.9 Å². The molecule has 2 heterocycles. The van der Waals surface area contributed by atoms with Crippen LogP contribution in [-0.2, 0) is 6.42 Å². The minimum atomic E-state index is -0.260. The van der Waals surface area contributed by atoms with Crippen LogP contribution in [0.5, 0.6) is 0 Å². The van der Waals surface area contributed by atoms with E-state index in [1.165, 1.54) is 6.20 Å². The average Bonchev–Trinajstić information content (AvgIpc) is 3.06. The normalized spacial score (nSPS) is 10.2. The number of anilines is 1. The number of nitriles is 1. The Bertz CT molecular complexity index is 909. The van der Waals surface area contributed by atoms with E-state index < -0.39 is 0 Å². The highest BCUT2D eigenvalue weighted by Crippen LogP contribution is 2.17. The molecule has 0 fully saturated rings. The lowest BCUT2D eigenvalue weighted by molar-refractivity contribution is 0.102. The monoisotopic (exact) mass is 317 g/mol. The molecule has 0 aliphatic rings. The first kappa shape index (κ1) is 15.4. The lowest BCUT2D eigenvalue weighted by atomic mass is 10.1. The number of benzene rings is 1. The number of aromatic nitrogens is 3. The van der Waals surface area contributed by atoms with Gasteiger partial charge < -0.3 is 5.32 Å². The van der Waals surface area contributed by atoms with E-state index in [2.05, 4.69) is 21.5 Å². The Kier molecular flexibility index (Phi) is 4.34. The Morgan fingerprint density at radius 2 is 2.17 bits per heavy atom. The summed E-state index contributed by atoms with van der Waals surface area (Å²) in [7, 11) is 0. The second-order valence-corrected chi connectivity index (χ2v) is 5.10. The van der Waals surface area contributed by atoms with Gasteiger partial charge in [-0.3, -0.25) is 4.79 Å². The second-order valence-electron chi connectivity index (χ2n) is 5.10. The van der Waals surface area contributed by atoms with Crippen LogP contribution < -0.4 is 5.32 Å². The van der Waals surface area contributed by atoms with Gasteiger partial charge in [-0.05, 0) is 36.8 Å². The molecule has 6 heteroatoms. The van der Waals surface area contributed by atoms with Crippen molar-refractivity contribution in [3.05, 3.63) is 71.7 Å². The van der Waals surface area contributed by atoms with E-state index in [4.69, 9.17) is 5.26 Å². The van der Waals surface area contributed by atoms with Crippen LogP contribution in [-0.4, -0.2) is 20.7 Å². The lowest BCUT2D eigenvalue weighted by Crippen LogP contribution is -2.14. The smallest absolute Gasteiger partial charge is 0.259 e. The Balaban J connectivity index is 1.91. The molecule has 1 amide bonds. The second kappa shape index (κ2) is 6.75. The van der Waals surface area contributed by atoms with Gasteiger partial charge in [-0.25, -0.2) is 9.67 Å². The number of rotatable bonds is 4. The van der Waals surface area contributed by atoms with Crippen LogP contribution in [0.2, 0.25) is 0 Å². The van der Waals surface area contributed by atoms with Crippen LogP contribution in [0.3, 0.4) is 0 Å². The highest BCUT2D eigenvalue weighted by molar-refractivity contribution is 6.05. The molecule has 0 aliphatic heterocycles. The molecule has 1 aromatic carbocycles. The van der Waals surface area contributed by atoms with Gasteiger partial charge in [0.25, 0.3) is 5.91 Å². The van der Waals surface area contributed by atoms with E-state index in [0.717, 1.165) is 5.69 Å². The molecule has 3 rings (SSSR count). The van der Waals surface area contributed by atoms with Crippen LogP contribution in [0.4, 0.5) is 5.69 Å². The first-order chi connectivity index (χ1) is 11.7. The van der Waals surface area contributed by atoms with E-state index >= 15 is 0 Å². The third kappa shape index (κ3) is 3.01. The molecule has 6 nitrogen and oxygen atoms in total. The molecule has 118 valence electrons. The summed E-state index contributed by atoms with van der Waals surface area (Å²) in [6.45, 7) is 1.96. The predicted molar refractivity (Wildman–Crippen MR) is 89.8 cm³/mol. The number of hydrogen-bond donors (Lipinski definition) is 1. The van der Waals surface area contributed by atoms with Gasteiger partial charge in [0.15, 0.2) is 5.82 Å². The lowest BCUT2D eigenvalue weighted by Gasteiger charge is -2.08. The fraction of sp³-hybridized carbons (Fsp3) is 0.111. The van der Waals surface area contributed by atoms with Crippen molar-refractivity contribution in [3.8, 4) is 11.9 Å². The van der Waals surface area contributed by atoms with Gasteiger partial charge in [-0.1, -0.05) is 19.1 Å². The molecular formula is C18H15N5O. The molecule has 1 N–H and O–H groups in total. The number of nitrogens with zero attached hydrogens (tertiary/aromatic N) is 4. The van der Waals surface area contributed by atoms with Crippen molar-refractivity contribution in [2.24, 2.45) is 0 Å². The van der Waals surface area contributed by atoms with Gasteiger partial charge in [0.1, 0.15) is 0 Å². The number of carbonyl (C=O) groups excluding carboxylic acids is 1. The number of hydrogen-bond acceptors (Lipinski definition) is 4. The zero-order valence-corrected chi connectivity index (χ0v) is 13.1. The summed E-state index contributed by atoms with van der Waals surface area (Å²) < 4.78 is 1.67. The number of carbonyl (C=O) groups is 1. The minimum absolute atomic E-state index is 0.260. The Morgan fingerprint density at radius 3 is 2.88 bits per heavy atom. The maximum Gasteiger partial charge on any atom is 0.259 e. The molecule has 0 atom stereocenters. The van der Waals surface area contributed by atoms with Crippen LogP contribution in [0.25, 0.3) is 5.82 Å². The maximum absolute atomic E-state index is 12.6. The summed E-state index contributed by atoms with van der Waals surface area (Å²) in [5.41, 5.74) is 2.34. The summed E-state index contributed by atoms with van der Waals surface area (Å²) in [6, 6.07) is 14.4. The first-order valence-corrected chi connectivity index (χ1v) is 7.52. The molecule has 0 saturated carbocycles. The first-order valence-electron chi connectivity index (χ1n) is 7.52. The van der Waals surface area contributed by atoms with Crippen LogP contribution in [0.15, 0.2) is 54.9 Å². The van der Waals surface area contributed by atoms with Crippen molar-refractivity contribution in [1.82, 2.24) is 14.8 Å². The van der Waals surface area contributed by atoms with E-state index in [9.17, 15) is 4.79 Å². The van der Waals surface area contributed by atoms with Gasteiger partial charge in [0.05, 0.1) is 29.1 Å². The van der Waals surface area contributed by atoms with Crippen molar-refractivity contribution in [2.45, 2.75) is 13.3 Å². The topological polar surface area (TPSA) is 83.6 Å². The van der Waals surface area contributed by atoms with Crippen molar-refractivity contribution >= 4 is 11.6 Å². The molecule has 0 bridgehead atoms. The standard InChI is InChI=1S/C18H15N5O/c1-2-16-15(12-21-23(16)17-8-3-4-9-20-17)18(24)22-14-7-5-6-13(10-14)11-19/h3-10,12H,2H2,1H3,(H,22,24). The highest BCUT2D eigenvalue weighted by atomic mass is 16.1. The minimum Gasteiger partial charge on any atom is -0.322 e. The molecule has 0 aliphatic carbocycles. The zero-order valence-electron chi connectivity index (χ0n) is 13.1. The summed E-state index contributed by atoms with van der Waals surface area (Å²) >= 11 is 0. The molecule has 0 unspecified atom stereocenters. The SMILES string of the molecule is CCc1c(C(=O)Nc2cccc(C#N)c2)cnn1-c1ccccn1. The number of pyridine rings is 1. The van der Waals surface area contributed by atoms with E-state index in [0.29, 0.717) is 29.1 Å². The Morgan fingerprint density at radius 1 is 1.29 bits per heavy atom. The predicted octanol–water partition coefficient (Wildman–Crippen LogP) is 2.95. The molecular weight excluding hydrogens is 302 g/mol. The maximum atomic E-state index is 12.6. The van der Waals surface area contributed by atoms with Crippen LogP contribution in [0.1, 0.15) is 28.5 Å². The molecule has 24 heavy (non-hydrogen) atoms. The van der Waals surface area contributed by atoms with Gasteiger partial charge >= 0.3 is 0 Å². The number of amides is 1. The number of nitrogens with one attached hydrogen (secondary N) is 1. The molecule has 0 saturated heterocycles. The zero-order chi connectivity index (χ0) is 16.9. The molecule has 0 spiro atoms. The van der Waals surface area contributed by atoms with Crippen molar-refractivity contribution in [3.63, 3.8) is 0 Å². The summed E-state index contributed by atoms with van der Waals surface area (Å²) in [6.07, 6.45) is 3.86. The average molecular weight is 317 g/mol. The fourth-order valence-corrected chi connectivity index (χ4v) is 2.45. The Hall–Kier alpha value is -3.46. The van der Waals surface area contributed by atoms with Crippen molar-refractivity contribution in [1.29, 1.82) is 5.26 Å². The van der Waals surface area contributed by atoms with Crippen molar-refractivity contribution in [2.75, 3.05) is 5.32 Å². The van der Waals surface area contributed by atoms with E-state index in [1.807, 2.05) is 25.1 Å². The molecule has 3 aromatic rings. The van der Waals surface area contributed by atoms with Gasteiger partial charge in [-0.2, -0.15) is 10.4 Å². The third-order valence-corrected chi connectivity index (χ3v) is 3.56. The highest BCUT2D eigenvalue weighted by Gasteiger charge is 2.17. The van der Waals surface area contributed by atoms with Gasteiger partial charge in [-0.15, -0.1) is 0 Å². The molecule has 2 aromatic heterocycles. The Labute approximate surface area is 139 Å². The summed E-state index contributed by atoms with van der Waals surface area (Å²) in [4.78, 5) is 16.8. The fourth-order valence-electron chi connectivity index (χ4n) is 2.45. The quantitative estimate of drug-likeness (QED) is 0.802. The van der Waals surface area contributed by atoms with Crippen LogP contribution >= 0.6 is 0 Å². The third-order valence-electron chi connectivity index (χ3n) is 3.56. The van der Waals surface area contributed by atoms with Crippen molar-refractivity contribution < 1.29 is 4.79 Å². The van der Waals surface area contributed by atoms with Gasteiger partial charge in [0.2, 0.25) is 0 Å². The molecule has 0 radical (unpaired) electrons. The largest absolute Gasteiger partial charge is 0.322 e. The van der Waals surface area contributed by atoms with Crippen LogP contribution in [0, 0.1) is 11.3 Å². The van der Waals surface area contributed by atoms with E-state index in [-0.39, 0.29) is 5.91 Å². The van der Waals surface area contributed by atoms with E-state index in [1.54, 1.807) is 35.1 Å². The summed E-state index contributed by atoms with van der Waals surface area (Å²) in [5, 5.41) is 16.0. The summed E-state index contributed by atoms with van der Waals surface area (Å²) in [5.74, 6) is 0.406.